The highest BCUT2D eigenvalue weighted by molar-refractivity contribution is 5.89. The van der Waals surface area contributed by atoms with Gasteiger partial charge in [-0.1, -0.05) is 51.1 Å². The lowest BCUT2D eigenvalue weighted by Crippen LogP contribution is -2.40. The van der Waals surface area contributed by atoms with Gasteiger partial charge in [0.25, 0.3) is 0 Å². The Morgan fingerprint density at radius 3 is 2.13 bits per heavy atom. The molecule has 1 heterocycles. The summed E-state index contributed by atoms with van der Waals surface area (Å²) in [6.07, 6.45) is 0.771. The third kappa shape index (κ3) is 5.99. The first kappa shape index (κ1) is 21.7. The van der Waals surface area contributed by atoms with E-state index in [9.17, 15) is 9.59 Å². The van der Waals surface area contributed by atoms with Crippen LogP contribution in [0.4, 0.5) is 16.2 Å². The Hall–Kier alpha value is -3.02. The summed E-state index contributed by atoms with van der Waals surface area (Å²) in [5.41, 5.74) is 3.03. The molecule has 6 heteroatoms. The molecule has 0 aromatic heterocycles. The number of rotatable bonds is 4. The van der Waals surface area contributed by atoms with Crippen molar-refractivity contribution in [3.63, 3.8) is 0 Å². The second kappa shape index (κ2) is 9.65. The number of carbonyl (C=O) groups excluding carboxylic acids is 2. The number of benzene rings is 2. The molecule has 2 aromatic carbocycles. The molecule has 6 nitrogen and oxygen atoms in total. The van der Waals surface area contributed by atoms with Crippen molar-refractivity contribution >= 4 is 23.3 Å². The van der Waals surface area contributed by atoms with Gasteiger partial charge < -0.3 is 20.4 Å². The number of anilines is 2. The van der Waals surface area contributed by atoms with Crippen molar-refractivity contribution in [3.8, 4) is 0 Å². The summed E-state index contributed by atoms with van der Waals surface area (Å²) in [5.74, 6) is 0.0545. The van der Waals surface area contributed by atoms with E-state index in [1.807, 2.05) is 47.4 Å². The van der Waals surface area contributed by atoms with Crippen LogP contribution in [0.25, 0.3) is 0 Å². The van der Waals surface area contributed by atoms with Crippen molar-refractivity contribution in [1.82, 2.24) is 9.80 Å². The predicted octanol–water partition coefficient (Wildman–Crippen LogP) is 4.16. The van der Waals surface area contributed by atoms with E-state index in [-0.39, 0.29) is 23.9 Å². The minimum Gasteiger partial charge on any atom is -0.376 e. The standard InChI is InChI=1S/C24H32N4O2/c1-24(2,3)19-10-12-21(13-11-19)26-23(30)28-15-7-14-27(16-17-28)22(29)18-25-20-8-5-4-6-9-20/h4-6,8-13,25H,7,14-18H2,1-3H3,(H,26,30). The minimum atomic E-state index is -0.116. The summed E-state index contributed by atoms with van der Waals surface area (Å²) in [6, 6.07) is 17.6. The molecule has 30 heavy (non-hydrogen) atoms. The molecule has 2 N–H and O–H groups in total. The molecule has 2 aromatic rings. The summed E-state index contributed by atoms with van der Waals surface area (Å²) in [6.45, 7) is 9.15. The predicted molar refractivity (Wildman–Crippen MR) is 122 cm³/mol. The minimum absolute atomic E-state index is 0.0545. The fourth-order valence-electron chi connectivity index (χ4n) is 3.47. The van der Waals surface area contributed by atoms with Gasteiger partial charge in [-0.15, -0.1) is 0 Å². The number of hydrogen-bond acceptors (Lipinski definition) is 3. The Morgan fingerprint density at radius 2 is 1.47 bits per heavy atom. The summed E-state index contributed by atoms with van der Waals surface area (Å²) in [5, 5.41) is 6.14. The Morgan fingerprint density at radius 1 is 0.833 bits per heavy atom. The molecule has 0 aliphatic carbocycles. The molecule has 0 radical (unpaired) electrons. The highest BCUT2D eigenvalue weighted by Gasteiger charge is 2.22. The first-order valence-corrected chi connectivity index (χ1v) is 10.6. The van der Waals surface area contributed by atoms with Crippen LogP contribution in [-0.4, -0.2) is 54.5 Å². The average molecular weight is 409 g/mol. The lowest BCUT2D eigenvalue weighted by molar-refractivity contribution is -0.129. The monoisotopic (exact) mass is 408 g/mol. The van der Waals surface area contributed by atoms with Crippen molar-refractivity contribution < 1.29 is 9.59 Å². The van der Waals surface area contributed by atoms with Crippen LogP contribution in [0.15, 0.2) is 54.6 Å². The fraction of sp³-hybridized carbons (Fsp3) is 0.417. The zero-order valence-electron chi connectivity index (χ0n) is 18.1. The first-order chi connectivity index (χ1) is 14.3. The molecule has 0 atom stereocenters. The van der Waals surface area contributed by atoms with Crippen LogP contribution < -0.4 is 10.6 Å². The van der Waals surface area contributed by atoms with Crippen LogP contribution in [0.2, 0.25) is 0 Å². The Kier molecular flexibility index (Phi) is 6.98. The van der Waals surface area contributed by atoms with Gasteiger partial charge in [0.05, 0.1) is 6.54 Å². The number of carbonyl (C=O) groups is 2. The average Bonchev–Trinajstić information content (AvgIpc) is 2.99. The van der Waals surface area contributed by atoms with Crippen molar-refractivity contribution in [2.75, 3.05) is 43.4 Å². The zero-order chi connectivity index (χ0) is 21.6. The van der Waals surface area contributed by atoms with Gasteiger partial charge in [-0.3, -0.25) is 4.79 Å². The molecule has 0 saturated carbocycles. The molecule has 1 aliphatic heterocycles. The van der Waals surface area contributed by atoms with Gasteiger partial charge >= 0.3 is 6.03 Å². The zero-order valence-corrected chi connectivity index (χ0v) is 18.1. The van der Waals surface area contributed by atoms with Crippen LogP contribution in [0, 0.1) is 0 Å². The normalized spacial score (nSPS) is 14.8. The van der Waals surface area contributed by atoms with Crippen LogP contribution in [0.1, 0.15) is 32.8 Å². The topological polar surface area (TPSA) is 64.7 Å². The second-order valence-electron chi connectivity index (χ2n) is 8.70. The smallest absolute Gasteiger partial charge is 0.321 e. The lowest BCUT2D eigenvalue weighted by atomic mass is 9.87. The highest BCUT2D eigenvalue weighted by atomic mass is 16.2. The summed E-state index contributed by atoms with van der Waals surface area (Å²) in [4.78, 5) is 28.9. The molecule has 1 aliphatic rings. The Bertz CT molecular complexity index is 844. The number of hydrogen-bond donors (Lipinski definition) is 2. The van der Waals surface area contributed by atoms with E-state index in [1.165, 1.54) is 5.56 Å². The largest absolute Gasteiger partial charge is 0.376 e. The molecular weight excluding hydrogens is 376 g/mol. The first-order valence-electron chi connectivity index (χ1n) is 10.6. The van der Waals surface area contributed by atoms with Crippen molar-refractivity contribution in [2.24, 2.45) is 0 Å². The molecule has 0 spiro atoms. The van der Waals surface area contributed by atoms with Gasteiger partial charge in [0, 0.05) is 37.6 Å². The molecule has 3 rings (SSSR count). The number of nitrogens with zero attached hydrogens (tertiary/aromatic N) is 2. The van der Waals surface area contributed by atoms with Crippen LogP contribution >= 0.6 is 0 Å². The Labute approximate surface area is 179 Å². The molecule has 160 valence electrons. The van der Waals surface area contributed by atoms with E-state index in [0.717, 1.165) is 17.8 Å². The highest BCUT2D eigenvalue weighted by Crippen LogP contribution is 2.23. The van der Waals surface area contributed by atoms with E-state index < -0.39 is 0 Å². The number of amides is 3. The molecular formula is C24H32N4O2. The summed E-state index contributed by atoms with van der Waals surface area (Å²) in [7, 11) is 0. The Balaban J connectivity index is 1.49. The quantitative estimate of drug-likeness (QED) is 0.798. The van der Waals surface area contributed by atoms with Gasteiger partial charge in [0.2, 0.25) is 5.91 Å². The molecule has 0 unspecified atom stereocenters. The van der Waals surface area contributed by atoms with Crippen molar-refractivity contribution in [2.45, 2.75) is 32.6 Å². The van der Waals surface area contributed by atoms with Gasteiger partial charge in [0.1, 0.15) is 0 Å². The van der Waals surface area contributed by atoms with Crippen LogP contribution in [-0.2, 0) is 10.2 Å². The summed E-state index contributed by atoms with van der Waals surface area (Å²) < 4.78 is 0. The molecule has 0 bridgehead atoms. The number of para-hydroxylation sites is 1. The van der Waals surface area contributed by atoms with E-state index in [2.05, 4.69) is 43.5 Å². The molecule has 1 saturated heterocycles. The van der Waals surface area contributed by atoms with E-state index in [4.69, 9.17) is 0 Å². The van der Waals surface area contributed by atoms with Gasteiger partial charge in [-0.25, -0.2) is 4.79 Å². The third-order valence-electron chi connectivity index (χ3n) is 5.36. The van der Waals surface area contributed by atoms with Crippen LogP contribution in [0.5, 0.6) is 0 Å². The number of urea groups is 1. The van der Waals surface area contributed by atoms with E-state index >= 15 is 0 Å². The maximum Gasteiger partial charge on any atom is 0.321 e. The fourth-order valence-corrected chi connectivity index (χ4v) is 3.47. The maximum absolute atomic E-state index is 12.7. The molecule has 1 fully saturated rings. The maximum atomic E-state index is 12.7. The van der Waals surface area contributed by atoms with Crippen molar-refractivity contribution in [1.29, 1.82) is 0 Å². The van der Waals surface area contributed by atoms with E-state index in [1.54, 1.807) is 4.90 Å². The second-order valence-corrected chi connectivity index (χ2v) is 8.70. The van der Waals surface area contributed by atoms with Gasteiger partial charge in [0.15, 0.2) is 0 Å². The third-order valence-corrected chi connectivity index (χ3v) is 5.36. The number of nitrogens with one attached hydrogen (secondary N) is 2. The van der Waals surface area contributed by atoms with Crippen molar-refractivity contribution in [3.05, 3.63) is 60.2 Å². The van der Waals surface area contributed by atoms with Gasteiger partial charge in [-0.2, -0.15) is 0 Å². The van der Waals surface area contributed by atoms with Gasteiger partial charge in [-0.05, 0) is 41.7 Å². The molecule has 3 amide bonds. The van der Waals surface area contributed by atoms with Crippen LogP contribution in [0.3, 0.4) is 0 Å². The van der Waals surface area contributed by atoms with E-state index in [0.29, 0.717) is 26.2 Å². The summed E-state index contributed by atoms with van der Waals surface area (Å²) >= 11 is 0. The lowest BCUT2D eigenvalue weighted by Gasteiger charge is -2.23. The SMILES string of the molecule is CC(C)(C)c1ccc(NC(=O)N2CCCN(C(=O)CNc3ccccc3)CC2)cc1.